The van der Waals surface area contributed by atoms with Gasteiger partial charge in [0.1, 0.15) is 6.61 Å². The van der Waals surface area contributed by atoms with Gasteiger partial charge in [-0.25, -0.2) is 9.79 Å². The van der Waals surface area contributed by atoms with Crippen LogP contribution in [0.4, 0.5) is 0 Å². The lowest BCUT2D eigenvalue weighted by Gasteiger charge is -2.06. The van der Waals surface area contributed by atoms with Gasteiger partial charge in [-0.2, -0.15) is 0 Å². The molecule has 0 aliphatic heterocycles. The van der Waals surface area contributed by atoms with Gasteiger partial charge >= 0.3 is 5.97 Å². The van der Waals surface area contributed by atoms with Crippen molar-refractivity contribution in [3.05, 3.63) is 60.8 Å². The SMILES string of the molecule is C=CN=C(C(=C)C)C(=O)OCc1ccccc1. The molecule has 0 aromatic heterocycles. The van der Waals surface area contributed by atoms with E-state index in [1.807, 2.05) is 30.3 Å². The normalized spacial score (nSPS) is 10.8. The lowest BCUT2D eigenvalue weighted by molar-refractivity contribution is -0.136. The first kappa shape index (κ1) is 12.9. The molecule has 0 fully saturated rings. The minimum atomic E-state index is -0.485. The second-order valence-electron chi connectivity index (χ2n) is 3.50. The first-order valence-corrected chi connectivity index (χ1v) is 5.20. The fourth-order valence-corrected chi connectivity index (χ4v) is 1.22. The van der Waals surface area contributed by atoms with Gasteiger partial charge in [-0.05, 0) is 18.1 Å². The number of benzene rings is 1. The molecule has 0 radical (unpaired) electrons. The summed E-state index contributed by atoms with van der Waals surface area (Å²) >= 11 is 0. The van der Waals surface area contributed by atoms with Crippen LogP contribution in [-0.4, -0.2) is 11.7 Å². The second-order valence-corrected chi connectivity index (χ2v) is 3.50. The van der Waals surface area contributed by atoms with Crippen LogP contribution in [0.25, 0.3) is 0 Å². The van der Waals surface area contributed by atoms with Crippen molar-refractivity contribution in [3.63, 3.8) is 0 Å². The van der Waals surface area contributed by atoms with E-state index < -0.39 is 5.97 Å². The third-order valence-electron chi connectivity index (χ3n) is 2.03. The number of hydrogen-bond acceptors (Lipinski definition) is 3. The molecule has 0 N–H and O–H groups in total. The van der Waals surface area contributed by atoms with Crippen molar-refractivity contribution in [1.29, 1.82) is 0 Å². The number of rotatable bonds is 5. The summed E-state index contributed by atoms with van der Waals surface area (Å²) in [6, 6.07) is 9.46. The standard InChI is InChI=1S/C14H15NO2/c1-4-15-13(11(2)3)14(16)17-10-12-8-6-5-7-9-12/h4-9H,1-2,10H2,3H3. The Morgan fingerprint density at radius 1 is 1.41 bits per heavy atom. The number of carbonyl (C=O) groups is 1. The Labute approximate surface area is 101 Å². The van der Waals surface area contributed by atoms with Crippen LogP contribution in [0.1, 0.15) is 12.5 Å². The fourth-order valence-electron chi connectivity index (χ4n) is 1.22. The maximum Gasteiger partial charge on any atom is 0.357 e. The van der Waals surface area contributed by atoms with Crippen LogP contribution in [0.3, 0.4) is 0 Å². The predicted molar refractivity (Wildman–Crippen MR) is 68.7 cm³/mol. The van der Waals surface area contributed by atoms with Crippen molar-refractivity contribution in [2.45, 2.75) is 13.5 Å². The van der Waals surface area contributed by atoms with Crippen LogP contribution < -0.4 is 0 Å². The quantitative estimate of drug-likeness (QED) is 0.575. The summed E-state index contributed by atoms with van der Waals surface area (Å²) in [5, 5.41) is 0. The minimum Gasteiger partial charge on any atom is -0.456 e. The van der Waals surface area contributed by atoms with Crippen LogP contribution in [-0.2, 0) is 16.1 Å². The molecule has 0 saturated carbocycles. The van der Waals surface area contributed by atoms with Crippen LogP contribution in [0.15, 0.2) is 60.3 Å². The maximum absolute atomic E-state index is 11.7. The number of hydrogen-bond donors (Lipinski definition) is 0. The summed E-state index contributed by atoms with van der Waals surface area (Å²) in [6.45, 7) is 9.04. The Bertz CT molecular complexity index is 447. The summed E-state index contributed by atoms with van der Waals surface area (Å²) in [5.74, 6) is -0.485. The van der Waals surface area contributed by atoms with Crippen LogP contribution in [0.2, 0.25) is 0 Å². The van der Waals surface area contributed by atoms with Crippen molar-refractivity contribution in [2.75, 3.05) is 0 Å². The maximum atomic E-state index is 11.7. The van der Waals surface area contributed by atoms with Crippen molar-refractivity contribution in [1.82, 2.24) is 0 Å². The number of aliphatic imine (C=N–C) groups is 1. The summed E-state index contributed by atoms with van der Waals surface area (Å²) in [7, 11) is 0. The van der Waals surface area contributed by atoms with E-state index in [9.17, 15) is 4.79 Å². The van der Waals surface area contributed by atoms with E-state index in [1.165, 1.54) is 6.20 Å². The van der Waals surface area contributed by atoms with Crippen LogP contribution in [0.5, 0.6) is 0 Å². The van der Waals surface area contributed by atoms with Gasteiger partial charge in [-0.1, -0.05) is 43.5 Å². The van der Waals surface area contributed by atoms with Gasteiger partial charge in [-0.15, -0.1) is 0 Å². The van der Waals surface area contributed by atoms with Crippen molar-refractivity contribution < 1.29 is 9.53 Å². The summed E-state index contributed by atoms with van der Waals surface area (Å²) < 4.78 is 5.13. The van der Waals surface area contributed by atoms with E-state index in [0.717, 1.165) is 5.56 Å². The minimum absolute atomic E-state index is 0.205. The zero-order valence-electron chi connectivity index (χ0n) is 9.85. The molecule has 1 aromatic rings. The van der Waals surface area contributed by atoms with E-state index in [0.29, 0.717) is 5.57 Å². The predicted octanol–water partition coefficient (Wildman–Crippen LogP) is 2.89. The highest BCUT2D eigenvalue weighted by molar-refractivity contribution is 6.43. The molecule has 0 aliphatic rings. The van der Waals surface area contributed by atoms with Gasteiger partial charge in [0.2, 0.25) is 0 Å². The van der Waals surface area contributed by atoms with Gasteiger partial charge in [0.05, 0.1) is 0 Å². The molecule has 0 atom stereocenters. The van der Waals surface area contributed by atoms with E-state index in [4.69, 9.17) is 4.74 Å². The average Bonchev–Trinajstić information content (AvgIpc) is 2.34. The number of carbonyl (C=O) groups excluding carboxylic acids is 1. The molecule has 0 heterocycles. The van der Waals surface area contributed by atoms with E-state index in [2.05, 4.69) is 18.2 Å². The van der Waals surface area contributed by atoms with E-state index in [1.54, 1.807) is 6.92 Å². The largest absolute Gasteiger partial charge is 0.456 e. The molecule has 3 heteroatoms. The van der Waals surface area contributed by atoms with Gasteiger partial charge in [0.25, 0.3) is 0 Å². The number of nitrogens with zero attached hydrogens (tertiary/aromatic N) is 1. The molecule has 1 rings (SSSR count). The van der Waals surface area contributed by atoms with E-state index >= 15 is 0 Å². The van der Waals surface area contributed by atoms with Crippen molar-refractivity contribution >= 4 is 11.7 Å². The topological polar surface area (TPSA) is 38.7 Å². The van der Waals surface area contributed by atoms with Gasteiger partial charge in [0, 0.05) is 6.20 Å². The van der Waals surface area contributed by atoms with Crippen molar-refractivity contribution in [3.8, 4) is 0 Å². The first-order valence-electron chi connectivity index (χ1n) is 5.20. The Balaban J connectivity index is 2.63. The Kier molecular flexibility index (Phi) is 4.88. The number of ether oxygens (including phenoxy) is 1. The molecule has 0 spiro atoms. The molecular weight excluding hydrogens is 214 g/mol. The molecule has 88 valence electrons. The molecule has 0 saturated heterocycles. The molecule has 17 heavy (non-hydrogen) atoms. The van der Waals surface area contributed by atoms with E-state index in [-0.39, 0.29) is 12.3 Å². The first-order chi connectivity index (χ1) is 8.15. The molecule has 0 bridgehead atoms. The highest BCUT2D eigenvalue weighted by Gasteiger charge is 2.13. The monoisotopic (exact) mass is 229 g/mol. The highest BCUT2D eigenvalue weighted by Crippen LogP contribution is 2.03. The lowest BCUT2D eigenvalue weighted by atomic mass is 10.2. The van der Waals surface area contributed by atoms with Gasteiger partial charge in [-0.3, -0.25) is 0 Å². The second kappa shape index (κ2) is 6.43. The van der Waals surface area contributed by atoms with Crippen LogP contribution >= 0.6 is 0 Å². The summed E-state index contributed by atoms with van der Waals surface area (Å²) in [5.41, 5.74) is 1.69. The smallest absolute Gasteiger partial charge is 0.357 e. The summed E-state index contributed by atoms with van der Waals surface area (Å²) in [4.78, 5) is 15.5. The Hall–Kier alpha value is -2.16. The molecule has 3 nitrogen and oxygen atoms in total. The zero-order chi connectivity index (χ0) is 12.7. The van der Waals surface area contributed by atoms with Crippen LogP contribution in [0, 0.1) is 0 Å². The van der Waals surface area contributed by atoms with Gasteiger partial charge < -0.3 is 4.74 Å². The fraction of sp³-hybridized carbons (Fsp3) is 0.143. The zero-order valence-corrected chi connectivity index (χ0v) is 9.85. The molecular formula is C14H15NO2. The highest BCUT2D eigenvalue weighted by atomic mass is 16.5. The molecule has 0 unspecified atom stereocenters. The average molecular weight is 229 g/mol. The third kappa shape index (κ3) is 4.07. The lowest BCUT2D eigenvalue weighted by Crippen LogP contribution is -2.18. The van der Waals surface area contributed by atoms with Gasteiger partial charge in [0.15, 0.2) is 5.71 Å². The molecule has 0 amide bonds. The Morgan fingerprint density at radius 2 is 2.06 bits per heavy atom. The number of esters is 1. The molecule has 0 aliphatic carbocycles. The van der Waals surface area contributed by atoms with Crippen molar-refractivity contribution in [2.24, 2.45) is 4.99 Å². The third-order valence-corrected chi connectivity index (χ3v) is 2.03. The Morgan fingerprint density at radius 3 is 2.59 bits per heavy atom. The summed E-state index contributed by atoms with van der Waals surface area (Å²) in [6.07, 6.45) is 1.30. The molecule has 1 aromatic carbocycles.